The molecule has 0 spiro atoms. The molecule has 0 heterocycles. The van der Waals surface area contributed by atoms with Gasteiger partial charge in [-0.25, -0.2) is 0 Å². The predicted molar refractivity (Wildman–Crippen MR) is 115 cm³/mol. The van der Waals surface area contributed by atoms with Crippen LogP contribution in [-0.4, -0.2) is 18.8 Å². The minimum Gasteiger partial charge on any atom is -0.394 e. The Labute approximate surface area is 161 Å². The molecule has 3 heteroatoms. The molecule has 0 N–H and O–H groups in total. The molecule has 2 aromatic rings. The monoisotopic (exact) mass is 448 g/mol. The molecule has 1 unspecified atom stereocenters. The number of alkyl halides is 1. The number of hydrogen-bond acceptors (Lipinski definition) is 1. The van der Waals surface area contributed by atoms with E-state index in [4.69, 9.17) is 10.8 Å². The normalized spacial score (nSPS) is 13.3. The van der Waals surface area contributed by atoms with Crippen LogP contribution in [0.3, 0.4) is 0 Å². The number of rotatable bonds is 6. The first-order valence-corrected chi connectivity index (χ1v) is 11.7. The molecule has 0 radical (unpaired) electrons. The van der Waals surface area contributed by atoms with Crippen molar-refractivity contribution in [2.24, 2.45) is 0 Å². The Bertz CT molecular complexity index is 631. The zero-order valence-electron chi connectivity index (χ0n) is 14.6. The first-order chi connectivity index (χ1) is 11.5. The first kappa shape index (κ1) is 19.2. The number of terminal acetylenes is 1. The lowest BCUT2D eigenvalue weighted by Gasteiger charge is -2.44. The van der Waals surface area contributed by atoms with Crippen molar-refractivity contribution in [2.45, 2.75) is 38.3 Å². The highest BCUT2D eigenvalue weighted by atomic mass is 127. The van der Waals surface area contributed by atoms with E-state index in [9.17, 15) is 0 Å². The summed E-state index contributed by atoms with van der Waals surface area (Å²) in [5, 5.41) is 2.52. The minimum absolute atomic E-state index is 0.0317. The summed E-state index contributed by atoms with van der Waals surface area (Å²) >= 11 is 2.37. The number of halogens is 1. The van der Waals surface area contributed by atoms with Gasteiger partial charge in [0.2, 0.25) is 0 Å². The second-order valence-electron chi connectivity index (χ2n) is 6.91. The molecule has 24 heavy (non-hydrogen) atoms. The maximum Gasteiger partial charge on any atom is 0.262 e. The highest BCUT2D eigenvalue weighted by Gasteiger charge is 2.51. The summed E-state index contributed by atoms with van der Waals surface area (Å²) < 4.78 is 7.85. The summed E-state index contributed by atoms with van der Waals surface area (Å²) in [6, 6.07) is 21.3. The zero-order valence-corrected chi connectivity index (χ0v) is 17.8. The van der Waals surface area contributed by atoms with Crippen molar-refractivity contribution < 1.29 is 4.43 Å². The number of benzene rings is 2. The minimum atomic E-state index is -2.52. The van der Waals surface area contributed by atoms with E-state index in [-0.39, 0.29) is 11.1 Å². The van der Waals surface area contributed by atoms with Gasteiger partial charge in [-0.2, -0.15) is 0 Å². The Balaban J connectivity index is 2.68. The largest absolute Gasteiger partial charge is 0.394 e. The molecule has 126 valence electrons. The van der Waals surface area contributed by atoms with E-state index in [1.165, 1.54) is 10.4 Å². The highest BCUT2D eigenvalue weighted by Crippen LogP contribution is 2.37. The van der Waals surface area contributed by atoms with Gasteiger partial charge in [-0.1, -0.05) is 110 Å². The van der Waals surface area contributed by atoms with Crippen molar-refractivity contribution in [3.05, 3.63) is 60.7 Å². The lowest BCUT2D eigenvalue weighted by molar-refractivity contribution is 0.240. The molecule has 0 aliphatic heterocycles. The average Bonchev–Trinajstić information content (AvgIpc) is 2.59. The van der Waals surface area contributed by atoms with E-state index in [0.29, 0.717) is 0 Å². The fraction of sp³-hybridized carbons (Fsp3) is 0.333. The lowest BCUT2D eigenvalue weighted by atomic mass is 10.2. The van der Waals surface area contributed by atoms with Gasteiger partial charge < -0.3 is 4.43 Å². The average molecular weight is 448 g/mol. The van der Waals surface area contributed by atoms with E-state index in [0.717, 1.165) is 10.8 Å². The quantitative estimate of drug-likeness (QED) is 0.276. The third-order valence-corrected chi connectivity index (χ3v) is 9.96. The van der Waals surface area contributed by atoms with E-state index in [2.05, 4.69) is 110 Å². The van der Waals surface area contributed by atoms with Gasteiger partial charge in [-0.05, 0) is 21.8 Å². The standard InChI is InChI=1S/C21H25IOSi/c1-5-18(16-17-22)23-24(21(2,3)4,19-12-8-6-9-13-19)20-14-10-7-11-15-20/h1,6-15,18H,16-17H2,2-4H3. The third kappa shape index (κ3) is 3.93. The summed E-state index contributed by atoms with van der Waals surface area (Å²) in [6.45, 7) is 6.82. The third-order valence-electron chi connectivity index (χ3n) is 4.29. The number of hydrogen-bond donors (Lipinski definition) is 0. The molecule has 0 bridgehead atoms. The van der Waals surface area contributed by atoms with Gasteiger partial charge in [0.15, 0.2) is 0 Å². The maximum atomic E-state index is 6.86. The molecule has 0 aromatic heterocycles. The van der Waals surface area contributed by atoms with Crippen LogP contribution in [-0.2, 0) is 4.43 Å². The van der Waals surface area contributed by atoms with Crippen molar-refractivity contribution in [1.82, 2.24) is 0 Å². The van der Waals surface area contributed by atoms with Crippen LogP contribution < -0.4 is 10.4 Å². The van der Waals surface area contributed by atoms with Crippen molar-refractivity contribution in [3.63, 3.8) is 0 Å². The van der Waals surface area contributed by atoms with Gasteiger partial charge in [-0.3, -0.25) is 0 Å². The smallest absolute Gasteiger partial charge is 0.262 e. The van der Waals surface area contributed by atoms with Crippen LogP contribution in [0.5, 0.6) is 0 Å². The Morgan fingerprint density at radius 3 is 1.79 bits per heavy atom. The molecule has 1 atom stereocenters. The SMILES string of the molecule is C#CC(CCI)O[Si](c1ccccc1)(c1ccccc1)C(C)(C)C. The molecule has 0 aliphatic rings. The summed E-state index contributed by atoms with van der Waals surface area (Å²) in [4.78, 5) is 0. The van der Waals surface area contributed by atoms with Crippen LogP contribution in [0.15, 0.2) is 60.7 Å². The molecule has 2 rings (SSSR count). The Morgan fingerprint density at radius 1 is 1.00 bits per heavy atom. The zero-order chi connectivity index (χ0) is 17.6. The van der Waals surface area contributed by atoms with Gasteiger partial charge in [-0.15, -0.1) is 6.42 Å². The van der Waals surface area contributed by atoms with Crippen LogP contribution in [0.25, 0.3) is 0 Å². The Hall–Kier alpha value is -1.09. The van der Waals surface area contributed by atoms with E-state index < -0.39 is 8.32 Å². The molecule has 0 saturated heterocycles. The summed E-state index contributed by atoms with van der Waals surface area (Å²) in [7, 11) is -2.52. The topological polar surface area (TPSA) is 9.23 Å². The molecule has 0 aliphatic carbocycles. The van der Waals surface area contributed by atoms with Crippen molar-refractivity contribution in [2.75, 3.05) is 4.43 Å². The van der Waals surface area contributed by atoms with Gasteiger partial charge in [0, 0.05) is 4.43 Å². The summed E-state index contributed by atoms with van der Waals surface area (Å²) in [5.41, 5.74) is 0. The fourth-order valence-electron chi connectivity index (χ4n) is 3.18. The van der Waals surface area contributed by atoms with Crippen molar-refractivity contribution >= 4 is 41.3 Å². The van der Waals surface area contributed by atoms with E-state index >= 15 is 0 Å². The Kier molecular flexibility index (Phi) is 6.68. The molecular weight excluding hydrogens is 423 g/mol. The maximum absolute atomic E-state index is 6.86. The predicted octanol–water partition coefficient (Wildman–Crippen LogP) is 4.39. The van der Waals surface area contributed by atoms with Crippen LogP contribution in [0.2, 0.25) is 5.04 Å². The molecule has 2 aromatic carbocycles. The highest BCUT2D eigenvalue weighted by molar-refractivity contribution is 14.1. The van der Waals surface area contributed by atoms with Gasteiger partial charge in [0.05, 0.1) is 0 Å². The van der Waals surface area contributed by atoms with Gasteiger partial charge in [0.1, 0.15) is 6.10 Å². The fourth-order valence-corrected chi connectivity index (χ4v) is 8.37. The van der Waals surface area contributed by atoms with Gasteiger partial charge >= 0.3 is 0 Å². The van der Waals surface area contributed by atoms with Crippen LogP contribution in [0.4, 0.5) is 0 Å². The van der Waals surface area contributed by atoms with E-state index in [1.54, 1.807) is 0 Å². The van der Waals surface area contributed by atoms with Crippen molar-refractivity contribution in [3.8, 4) is 12.3 Å². The van der Waals surface area contributed by atoms with Crippen LogP contribution >= 0.6 is 22.6 Å². The van der Waals surface area contributed by atoms with Crippen LogP contribution in [0, 0.1) is 12.3 Å². The molecule has 0 fully saturated rings. The second kappa shape index (κ2) is 8.33. The first-order valence-electron chi connectivity index (χ1n) is 8.26. The van der Waals surface area contributed by atoms with Crippen molar-refractivity contribution in [1.29, 1.82) is 0 Å². The molecule has 0 amide bonds. The van der Waals surface area contributed by atoms with E-state index in [1.807, 2.05) is 0 Å². The molecule has 0 saturated carbocycles. The lowest BCUT2D eigenvalue weighted by Crippen LogP contribution is -2.67. The second-order valence-corrected chi connectivity index (χ2v) is 12.2. The van der Waals surface area contributed by atoms with Crippen LogP contribution in [0.1, 0.15) is 27.2 Å². The van der Waals surface area contributed by atoms with Gasteiger partial charge in [0.25, 0.3) is 8.32 Å². The summed E-state index contributed by atoms with van der Waals surface area (Å²) in [6.07, 6.45) is 6.53. The summed E-state index contributed by atoms with van der Waals surface area (Å²) in [5.74, 6) is 2.88. The molecule has 1 nitrogen and oxygen atoms in total. The molecular formula is C21H25IOSi. The Morgan fingerprint density at radius 2 is 1.46 bits per heavy atom.